The molecular formula is C22H22N4O2S2. The molecule has 4 aromatic rings. The van der Waals surface area contributed by atoms with Crippen molar-refractivity contribution in [2.45, 2.75) is 57.0 Å². The molecule has 0 bridgehead atoms. The predicted octanol–water partition coefficient (Wildman–Crippen LogP) is 4.19. The zero-order valence-electron chi connectivity index (χ0n) is 16.9. The summed E-state index contributed by atoms with van der Waals surface area (Å²) in [6.45, 7) is 4.65. The average molecular weight is 439 g/mol. The lowest BCUT2D eigenvalue weighted by Gasteiger charge is -2.11. The molecule has 154 valence electrons. The van der Waals surface area contributed by atoms with E-state index in [1.807, 2.05) is 19.1 Å². The van der Waals surface area contributed by atoms with Gasteiger partial charge in [-0.05, 0) is 49.8 Å². The van der Waals surface area contributed by atoms with Gasteiger partial charge in [0.15, 0.2) is 5.16 Å². The molecule has 6 nitrogen and oxygen atoms in total. The van der Waals surface area contributed by atoms with E-state index in [0.717, 1.165) is 47.0 Å². The van der Waals surface area contributed by atoms with Gasteiger partial charge in [0.05, 0.1) is 22.0 Å². The van der Waals surface area contributed by atoms with Gasteiger partial charge in [0, 0.05) is 11.4 Å². The van der Waals surface area contributed by atoms with Gasteiger partial charge >= 0.3 is 0 Å². The molecule has 5 rings (SSSR count). The van der Waals surface area contributed by atoms with Crippen LogP contribution in [-0.4, -0.2) is 19.5 Å². The normalized spacial score (nSPS) is 13.4. The number of benzene rings is 1. The van der Waals surface area contributed by atoms with E-state index < -0.39 is 0 Å². The third-order valence-corrected chi connectivity index (χ3v) is 7.74. The molecule has 1 aromatic carbocycles. The first-order valence-corrected chi connectivity index (χ1v) is 12.0. The number of thioether (sulfide) groups is 1. The summed E-state index contributed by atoms with van der Waals surface area (Å²) in [5, 5.41) is 2.11. The number of rotatable bonds is 5. The third-order valence-electron chi connectivity index (χ3n) is 5.56. The van der Waals surface area contributed by atoms with Gasteiger partial charge in [-0.1, -0.05) is 30.8 Å². The van der Waals surface area contributed by atoms with Crippen molar-refractivity contribution < 1.29 is 0 Å². The number of fused-ring (bicyclic) bond motifs is 4. The SMILES string of the molecule is CCCn1c(SCc2nc3c(C)cccc3c(=O)[nH]2)nc2sc3c(c2c1=O)CCC3. The van der Waals surface area contributed by atoms with E-state index in [4.69, 9.17) is 4.98 Å². The predicted molar refractivity (Wildman–Crippen MR) is 123 cm³/mol. The Balaban J connectivity index is 1.55. The molecule has 8 heteroatoms. The second kappa shape index (κ2) is 7.67. The van der Waals surface area contributed by atoms with Crippen molar-refractivity contribution in [2.24, 2.45) is 0 Å². The maximum Gasteiger partial charge on any atom is 0.263 e. The molecule has 1 N–H and O–H groups in total. The number of para-hydroxylation sites is 1. The number of H-pyrrole nitrogens is 1. The Hall–Kier alpha value is -2.45. The molecule has 1 aliphatic carbocycles. The summed E-state index contributed by atoms with van der Waals surface area (Å²) in [5.41, 5.74) is 2.84. The van der Waals surface area contributed by atoms with Gasteiger partial charge in [0.25, 0.3) is 11.1 Å². The van der Waals surface area contributed by atoms with Crippen molar-refractivity contribution >= 4 is 44.2 Å². The zero-order chi connectivity index (χ0) is 20.8. The molecule has 0 saturated heterocycles. The van der Waals surface area contributed by atoms with Crippen molar-refractivity contribution in [3.05, 3.63) is 60.7 Å². The number of nitrogens with one attached hydrogen (secondary N) is 1. The van der Waals surface area contributed by atoms with Gasteiger partial charge in [0.2, 0.25) is 0 Å². The topological polar surface area (TPSA) is 80.6 Å². The molecule has 3 aromatic heterocycles. The summed E-state index contributed by atoms with van der Waals surface area (Å²) in [6.07, 6.45) is 4.01. The molecule has 0 radical (unpaired) electrons. The Morgan fingerprint density at radius 2 is 2.10 bits per heavy atom. The molecule has 0 amide bonds. The number of thiophene rings is 1. The van der Waals surface area contributed by atoms with E-state index >= 15 is 0 Å². The molecule has 0 saturated carbocycles. The van der Waals surface area contributed by atoms with Crippen molar-refractivity contribution in [1.82, 2.24) is 19.5 Å². The number of hydrogen-bond acceptors (Lipinski definition) is 6. The van der Waals surface area contributed by atoms with Crippen LogP contribution in [-0.2, 0) is 25.1 Å². The van der Waals surface area contributed by atoms with Gasteiger partial charge < -0.3 is 4.98 Å². The number of aryl methyl sites for hydroxylation is 3. The van der Waals surface area contributed by atoms with Gasteiger partial charge in [-0.15, -0.1) is 11.3 Å². The zero-order valence-corrected chi connectivity index (χ0v) is 18.6. The maximum absolute atomic E-state index is 13.3. The molecule has 0 aliphatic heterocycles. The molecule has 3 heterocycles. The number of aromatic amines is 1. The minimum Gasteiger partial charge on any atom is -0.309 e. The quantitative estimate of drug-likeness (QED) is 0.373. The summed E-state index contributed by atoms with van der Waals surface area (Å²) >= 11 is 3.12. The lowest BCUT2D eigenvalue weighted by Crippen LogP contribution is -2.23. The molecule has 0 unspecified atom stereocenters. The first-order chi connectivity index (χ1) is 14.6. The van der Waals surface area contributed by atoms with Gasteiger partial charge in [-0.2, -0.15) is 0 Å². The summed E-state index contributed by atoms with van der Waals surface area (Å²) in [5.74, 6) is 1.05. The standard InChI is InChI=1S/C22H22N4O2S2/c1-3-10-26-21(28)17-13-7-5-9-15(13)30-20(17)25-22(26)29-11-16-23-18-12(2)6-4-8-14(18)19(27)24-16/h4,6,8H,3,5,7,9-11H2,1-2H3,(H,23,24,27). The molecule has 30 heavy (non-hydrogen) atoms. The van der Waals surface area contributed by atoms with Crippen LogP contribution in [0, 0.1) is 6.92 Å². The van der Waals surface area contributed by atoms with Crippen LogP contribution < -0.4 is 11.1 Å². The van der Waals surface area contributed by atoms with Crippen molar-refractivity contribution in [2.75, 3.05) is 0 Å². The van der Waals surface area contributed by atoms with Crippen LogP contribution in [0.1, 0.15) is 41.6 Å². The number of aromatic nitrogens is 4. The first-order valence-electron chi connectivity index (χ1n) is 10.2. The monoisotopic (exact) mass is 438 g/mol. The van der Waals surface area contributed by atoms with Crippen molar-refractivity contribution in [1.29, 1.82) is 0 Å². The Kier molecular flexibility index (Phi) is 4.99. The Morgan fingerprint density at radius 1 is 1.23 bits per heavy atom. The number of hydrogen-bond donors (Lipinski definition) is 1. The van der Waals surface area contributed by atoms with Gasteiger partial charge in [-0.3, -0.25) is 14.2 Å². The van der Waals surface area contributed by atoms with Crippen LogP contribution in [0.5, 0.6) is 0 Å². The summed E-state index contributed by atoms with van der Waals surface area (Å²) in [4.78, 5) is 40.3. The Bertz CT molecular complexity index is 1400. The first kappa shape index (κ1) is 19.5. The molecule has 0 atom stereocenters. The van der Waals surface area contributed by atoms with Gasteiger partial charge in [0.1, 0.15) is 10.7 Å². The maximum atomic E-state index is 13.3. The highest BCUT2D eigenvalue weighted by Crippen LogP contribution is 2.35. The van der Waals surface area contributed by atoms with Crippen LogP contribution in [0.25, 0.3) is 21.1 Å². The van der Waals surface area contributed by atoms with Crippen LogP contribution in [0.3, 0.4) is 0 Å². The smallest absolute Gasteiger partial charge is 0.263 e. The lowest BCUT2D eigenvalue weighted by atomic mass is 10.1. The van der Waals surface area contributed by atoms with Crippen molar-refractivity contribution in [3.63, 3.8) is 0 Å². The van der Waals surface area contributed by atoms with E-state index in [1.165, 1.54) is 22.2 Å². The second-order valence-corrected chi connectivity index (χ2v) is 9.69. The second-order valence-electron chi connectivity index (χ2n) is 7.66. The van der Waals surface area contributed by atoms with Crippen LogP contribution in [0.15, 0.2) is 32.9 Å². The van der Waals surface area contributed by atoms with E-state index in [0.29, 0.717) is 28.7 Å². The lowest BCUT2D eigenvalue weighted by molar-refractivity contribution is 0.585. The Labute approximate surface area is 181 Å². The van der Waals surface area contributed by atoms with Crippen LogP contribution in [0.2, 0.25) is 0 Å². The third kappa shape index (κ3) is 3.18. The Morgan fingerprint density at radius 3 is 2.93 bits per heavy atom. The number of nitrogens with zero attached hydrogens (tertiary/aromatic N) is 3. The molecule has 0 fully saturated rings. The van der Waals surface area contributed by atoms with Crippen LogP contribution >= 0.6 is 23.1 Å². The largest absolute Gasteiger partial charge is 0.309 e. The minimum atomic E-state index is -0.136. The van der Waals surface area contributed by atoms with Crippen LogP contribution in [0.4, 0.5) is 0 Å². The summed E-state index contributed by atoms with van der Waals surface area (Å²) in [6, 6.07) is 5.61. The average Bonchev–Trinajstić information content (AvgIpc) is 3.30. The fourth-order valence-electron chi connectivity index (χ4n) is 4.14. The fourth-order valence-corrected chi connectivity index (χ4v) is 6.34. The minimum absolute atomic E-state index is 0.0690. The van der Waals surface area contributed by atoms with E-state index in [2.05, 4.69) is 16.9 Å². The summed E-state index contributed by atoms with van der Waals surface area (Å²) < 4.78 is 1.79. The highest BCUT2D eigenvalue weighted by molar-refractivity contribution is 7.98. The van der Waals surface area contributed by atoms with E-state index in [9.17, 15) is 9.59 Å². The summed E-state index contributed by atoms with van der Waals surface area (Å²) in [7, 11) is 0. The van der Waals surface area contributed by atoms with Gasteiger partial charge in [-0.25, -0.2) is 9.97 Å². The van der Waals surface area contributed by atoms with E-state index in [-0.39, 0.29) is 11.1 Å². The van der Waals surface area contributed by atoms with Crippen molar-refractivity contribution in [3.8, 4) is 0 Å². The van der Waals surface area contributed by atoms with E-state index in [1.54, 1.807) is 22.0 Å². The highest BCUT2D eigenvalue weighted by atomic mass is 32.2. The molecular weight excluding hydrogens is 416 g/mol. The fraction of sp³-hybridized carbons (Fsp3) is 0.364. The highest BCUT2D eigenvalue weighted by Gasteiger charge is 2.23. The molecule has 1 aliphatic rings. The molecule has 0 spiro atoms.